The number of nitro benzene ring substituents is 1. The molecule has 0 saturated heterocycles. The molecule has 214 valence electrons. The molecule has 0 spiro atoms. The third-order valence-electron chi connectivity index (χ3n) is 4.90. The summed E-state index contributed by atoms with van der Waals surface area (Å²) in [4.78, 5) is 65.4. The van der Waals surface area contributed by atoms with E-state index < -0.39 is 47.3 Å². The number of carbonyl (C=O) groups excluding carboxylic acids is 3. The van der Waals surface area contributed by atoms with E-state index in [0.29, 0.717) is 5.56 Å². The third kappa shape index (κ3) is 10.0. The van der Waals surface area contributed by atoms with Gasteiger partial charge in [-0.1, -0.05) is 12.1 Å². The highest BCUT2D eigenvalue weighted by atomic mass is 16.6. The second-order valence-electron chi connectivity index (χ2n) is 9.34. The summed E-state index contributed by atoms with van der Waals surface area (Å²) < 4.78 is 16.6. The first-order chi connectivity index (χ1) is 18.8. The van der Waals surface area contributed by atoms with Crippen LogP contribution in [-0.4, -0.2) is 69.2 Å². The van der Waals surface area contributed by atoms with Crippen molar-refractivity contribution in [1.82, 2.24) is 19.8 Å². The molecule has 1 heterocycles. The fourth-order valence-electron chi connectivity index (χ4n) is 3.16. The van der Waals surface area contributed by atoms with Gasteiger partial charge in [0.25, 0.3) is 0 Å². The van der Waals surface area contributed by atoms with Crippen molar-refractivity contribution in [2.45, 2.75) is 46.3 Å². The molecule has 1 aromatic heterocycles. The van der Waals surface area contributed by atoms with Crippen molar-refractivity contribution >= 4 is 23.7 Å². The number of alkyl carbamates (subject to hydrolysis) is 1. The summed E-state index contributed by atoms with van der Waals surface area (Å²) in [5.41, 5.74) is -1.63. The number of nitrogens with one attached hydrogen (secondary N) is 1. The van der Waals surface area contributed by atoms with Gasteiger partial charge in [-0.2, -0.15) is 10.2 Å². The van der Waals surface area contributed by atoms with Gasteiger partial charge in [0, 0.05) is 30.9 Å². The average Bonchev–Trinajstić information content (AvgIpc) is 2.85. The predicted octanol–water partition coefficient (Wildman–Crippen LogP) is 2.06. The monoisotopic (exact) mass is 558 g/mol. The number of para-hydroxylation sites is 2. The first kappa shape index (κ1) is 31.2. The van der Waals surface area contributed by atoms with Crippen LogP contribution in [-0.2, 0) is 25.6 Å². The maximum atomic E-state index is 13.1. The first-order valence-electron chi connectivity index (χ1n) is 12.1. The number of aryl methyl sites for hydroxylation is 1. The number of benzene rings is 1. The van der Waals surface area contributed by atoms with Crippen LogP contribution in [0.25, 0.3) is 0 Å². The van der Waals surface area contributed by atoms with Crippen molar-refractivity contribution in [2.75, 3.05) is 26.2 Å². The van der Waals surface area contributed by atoms with Crippen LogP contribution in [0.15, 0.2) is 35.3 Å². The Morgan fingerprint density at radius 2 is 1.95 bits per heavy atom. The zero-order chi connectivity index (χ0) is 29.9. The molecule has 0 aliphatic carbocycles. The molecule has 2 aromatic rings. The van der Waals surface area contributed by atoms with Crippen molar-refractivity contribution in [3.63, 3.8) is 0 Å². The molecule has 0 aliphatic heterocycles. The Bertz CT molecular complexity index is 1340. The molecule has 0 saturated carbocycles. The number of nitriles is 1. The molecular weight excluding hydrogens is 528 g/mol. The lowest BCUT2D eigenvalue weighted by Gasteiger charge is -2.23. The number of nitrogens with zero attached hydrogens (tertiary/aromatic N) is 5. The van der Waals surface area contributed by atoms with Crippen LogP contribution in [0.1, 0.15) is 32.8 Å². The molecule has 1 aromatic carbocycles. The van der Waals surface area contributed by atoms with Crippen molar-refractivity contribution in [1.29, 1.82) is 5.26 Å². The number of esters is 1. The first-order valence-corrected chi connectivity index (χ1v) is 12.1. The number of hydrogen-bond acceptors (Lipinski definition) is 11. The molecule has 2 amide bonds. The van der Waals surface area contributed by atoms with Gasteiger partial charge in [0.2, 0.25) is 17.5 Å². The summed E-state index contributed by atoms with van der Waals surface area (Å²) in [6, 6.07) is 7.41. The molecule has 40 heavy (non-hydrogen) atoms. The highest BCUT2D eigenvalue weighted by molar-refractivity contribution is 5.82. The molecule has 1 N–H and O–H groups in total. The lowest BCUT2D eigenvalue weighted by Crippen LogP contribution is -2.45. The molecule has 0 unspecified atom stereocenters. The standard InChI is InChI=1S/C25H30N6O9/c1-17-14-30(23(34)28-22(17)39-19-9-6-5-8-18(19)31(36)37)15-20(32)29(16-21(33)38-13-7-10-26)12-11-27-24(35)40-25(2,3)4/h5-6,8-9,14H,7,11-13,15-16H2,1-4H3,(H,27,35). The van der Waals surface area contributed by atoms with Gasteiger partial charge in [-0.05, 0) is 33.8 Å². The maximum Gasteiger partial charge on any atom is 0.407 e. The number of amides is 2. The Morgan fingerprint density at radius 3 is 2.60 bits per heavy atom. The lowest BCUT2D eigenvalue weighted by molar-refractivity contribution is -0.385. The average molecular weight is 559 g/mol. The minimum Gasteiger partial charge on any atom is -0.463 e. The summed E-state index contributed by atoms with van der Waals surface area (Å²) in [6.07, 6.45) is 0.544. The highest BCUT2D eigenvalue weighted by Crippen LogP contribution is 2.30. The van der Waals surface area contributed by atoms with Crippen molar-refractivity contribution in [3.8, 4) is 17.7 Å². The molecule has 15 nitrogen and oxygen atoms in total. The summed E-state index contributed by atoms with van der Waals surface area (Å²) in [7, 11) is 0. The Morgan fingerprint density at radius 1 is 1.25 bits per heavy atom. The fraction of sp³-hybridized carbons (Fsp3) is 0.440. The minimum atomic E-state index is -0.879. The molecule has 0 aliphatic rings. The van der Waals surface area contributed by atoms with Gasteiger partial charge in [0.15, 0.2) is 0 Å². The second-order valence-corrected chi connectivity index (χ2v) is 9.34. The van der Waals surface area contributed by atoms with Gasteiger partial charge >= 0.3 is 23.4 Å². The van der Waals surface area contributed by atoms with E-state index in [4.69, 9.17) is 19.5 Å². The third-order valence-corrected chi connectivity index (χ3v) is 4.90. The molecular formula is C25H30N6O9. The zero-order valence-corrected chi connectivity index (χ0v) is 22.5. The largest absolute Gasteiger partial charge is 0.463 e. The maximum absolute atomic E-state index is 13.1. The predicted molar refractivity (Wildman–Crippen MR) is 138 cm³/mol. The summed E-state index contributed by atoms with van der Waals surface area (Å²) in [5, 5.41) is 22.3. The summed E-state index contributed by atoms with van der Waals surface area (Å²) in [6.45, 7) is 5.23. The molecule has 2 rings (SSSR count). The Kier molecular flexibility index (Phi) is 11.1. The van der Waals surface area contributed by atoms with Crippen LogP contribution in [0.3, 0.4) is 0 Å². The normalized spacial score (nSPS) is 10.7. The van der Waals surface area contributed by atoms with Crippen LogP contribution in [0.5, 0.6) is 11.6 Å². The molecule has 0 bridgehead atoms. The van der Waals surface area contributed by atoms with E-state index in [-0.39, 0.29) is 43.4 Å². The van der Waals surface area contributed by atoms with Crippen molar-refractivity contribution in [3.05, 3.63) is 56.6 Å². The smallest absolute Gasteiger partial charge is 0.407 e. The van der Waals surface area contributed by atoms with Gasteiger partial charge in [-0.25, -0.2) is 9.59 Å². The van der Waals surface area contributed by atoms with Gasteiger partial charge < -0.3 is 24.4 Å². The fourth-order valence-corrected chi connectivity index (χ4v) is 3.16. The van der Waals surface area contributed by atoms with E-state index >= 15 is 0 Å². The highest BCUT2D eigenvalue weighted by Gasteiger charge is 2.22. The van der Waals surface area contributed by atoms with Gasteiger partial charge in [-0.15, -0.1) is 0 Å². The Hall–Kier alpha value is -5.00. The van der Waals surface area contributed by atoms with Crippen molar-refractivity contribution < 1.29 is 33.5 Å². The number of ether oxygens (including phenoxy) is 3. The number of aromatic nitrogens is 2. The van der Waals surface area contributed by atoms with Crippen LogP contribution >= 0.6 is 0 Å². The quantitative estimate of drug-likeness (QED) is 0.173. The van der Waals surface area contributed by atoms with E-state index in [1.165, 1.54) is 37.4 Å². The van der Waals surface area contributed by atoms with Crippen LogP contribution in [0, 0.1) is 28.4 Å². The summed E-state index contributed by atoms with van der Waals surface area (Å²) in [5.74, 6) is -1.74. The van der Waals surface area contributed by atoms with Gasteiger partial charge in [0.05, 0.1) is 17.4 Å². The van der Waals surface area contributed by atoms with Crippen LogP contribution in [0.2, 0.25) is 0 Å². The van der Waals surface area contributed by atoms with Crippen LogP contribution in [0.4, 0.5) is 10.5 Å². The minimum absolute atomic E-state index is 0.0270. The Balaban J connectivity index is 2.17. The second kappa shape index (κ2) is 14.2. The molecule has 0 fully saturated rings. The van der Waals surface area contributed by atoms with E-state index in [2.05, 4.69) is 10.3 Å². The number of carbonyl (C=O) groups is 3. The Labute approximate surface area is 229 Å². The van der Waals surface area contributed by atoms with Crippen molar-refractivity contribution in [2.24, 2.45) is 0 Å². The lowest BCUT2D eigenvalue weighted by atomic mass is 10.2. The van der Waals surface area contributed by atoms with E-state index in [1.54, 1.807) is 20.8 Å². The number of rotatable bonds is 12. The van der Waals surface area contributed by atoms with Gasteiger partial charge in [0.1, 0.15) is 25.3 Å². The van der Waals surface area contributed by atoms with E-state index in [0.717, 1.165) is 9.47 Å². The molecule has 15 heteroatoms. The molecule has 0 atom stereocenters. The van der Waals surface area contributed by atoms with Gasteiger partial charge in [-0.3, -0.25) is 24.3 Å². The number of hydrogen-bond donors (Lipinski definition) is 1. The van der Waals surface area contributed by atoms with E-state index in [1.807, 2.05) is 6.07 Å². The SMILES string of the molecule is Cc1cn(CC(=O)N(CCNC(=O)OC(C)(C)C)CC(=O)OCCC#N)c(=O)nc1Oc1ccccc1[N+](=O)[O-]. The topological polar surface area (TPSA) is 196 Å². The number of nitro groups is 1. The molecule has 0 radical (unpaired) electrons. The zero-order valence-electron chi connectivity index (χ0n) is 22.5. The van der Waals surface area contributed by atoms with Crippen LogP contribution < -0.4 is 15.7 Å². The summed E-state index contributed by atoms with van der Waals surface area (Å²) >= 11 is 0. The van der Waals surface area contributed by atoms with E-state index in [9.17, 15) is 29.3 Å².